The summed E-state index contributed by atoms with van der Waals surface area (Å²) in [7, 11) is 0. The van der Waals surface area contributed by atoms with E-state index < -0.39 is 5.97 Å². The Kier molecular flexibility index (Phi) is 6.28. The zero-order chi connectivity index (χ0) is 11.9. The largest absolute Gasteiger partial charge is 0.378 e. The van der Waals surface area contributed by atoms with Gasteiger partial charge >= 0.3 is 0 Å². The van der Waals surface area contributed by atoms with Crippen LogP contribution in [0.15, 0.2) is 0 Å². The van der Waals surface area contributed by atoms with Gasteiger partial charge in [0.2, 0.25) is 0 Å². The van der Waals surface area contributed by atoms with Crippen LogP contribution in [0.2, 0.25) is 0 Å². The molecule has 4 nitrogen and oxygen atoms in total. The molecular weight excluding hydrogens is 208 g/mol. The minimum atomic E-state index is -0.909. The Balaban J connectivity index is 2.56. The van der Waals surface area contributed by atoms with E-state index in [2.05, 4.69) is 0 Å². The first-order valence-corrected chi connectivity index (χ1v) is 6.29. The molecule has 1 saturated heterocycles. The van der Waals surface area contributed by atoms with Gasteiger partial charge in [-0.1, -0.05) is 0 Å². The third-order valence-corrected chi connectivity index (χ3v) is 2.59. The monoisotopic (exact) mass is 232 g/mol. The summed E-state index contributed by atoms with van der Waals surface area (Å²) in [4.78, 5) is 0. The predicted octanol–water partition coefficient (Wildman–Crippen LogP) is 2.32. The van der Waals surface area contributed by atoms with E-state index in [1.807, 2.05) is 20.8 Å². The topological polar surface area (TPSA) is 36.9 Å². The van der Waals surface area contributed by atoms with E-state index in [-0.39, 0.29) is 6.10 Å². The summed E-state index contributed by atoms with van der Waals surface area (Å²) in [5.74, 6) is -0.909. The quantitative estimate of drug-likeness (QED) is 0.602. The molecule has 1 rings (SSSR count). The molecule has 0 aromatic carbocycles. The van der Waals surface area contributed by atoms with Crippen molar-refractivity contribution in [3.05, 3.63) is 0 Å². The number of hydrogen-bond acceptors (Lipinski definition) is 4. The molecule has 0 aliphatic carbocycles. The standard InChI is InChI=1S/C12H24O4/c1-4-14-12(15-5-2,16-6-3)10-11-8-7-9-13-11/h11H,4-10H2,1-3H3. The van der Waals surface area contributed by atoms with Gasteiger partial charge < -0.3 is 18.9 Å². The molecule has 1 heterocycles. The highest BCUT2D eigenvalue weighted by Crippen LogP contribution is 2.27. The van der Waals surface area contributed by atoms with E-state index in [0.717, 1.165) is 19.4 Å². The molecule has 16 heavy (non-hydrogen) atoms. The Labute approximate surface area is 98.2 Å². The Morgan fingerprint density at radius 2 is 1.62 bits per heavy atom. The van der Waals surface area contributed by atoms with Gasteiger partial charge in [0, 0.05) is 26.4 Å². The zero-order valence-electron chi connectivity index (χ0n) is 10.7. The summed E-state index contributed by atoms with van der Waals surface area (Å²) in [6.45, 7) is 8.41. The first-order valence-electron chi connectivity index (χ1n) is 6.29. The second-order valence-corrected chi connectivity index (χ2v) is 3.82. The summed E-state index contributed by atoms with van der Waals surface area (Å²) in [5.41, 5.74) is 0. The fraction of sp³-hybridized carbons (Fsp3) is 1.00. The average Bonchev–Trinajstić information content (AvgIpc) is 2.71. The van der Waals surface area contributed by atoms with Crippen molar-refractivity contribution in [1.29, 1.82) is 0 Å². The predicted molar refractivity (Wildman–Crippen MR) is 61.2 cm³/mol. The van der Waals surface area contributed by atoms with Crippen LogP contribution < -0.4 is 0 Å². The van der Waals surface area contributed by atoms with Gasteiger partial charge in [0.25, 0.3) is 5.97 Å². The highest BCUT2D eigenvalue weighted by atomic mass is 16.9. The number of ether oxygens (including phenoxy) is 4. The van der Waals surface area contributed by atoms with Crippen LogP contribution in [0.1, 0.15) is 40.0 Å². The molecule has 1 fully saturated rings. The Hall–Kier alpha value is -0.160. The van der Waals surface area contributed by atoms with Gasteiger partial charge in [-0.15, -0.1) is 0 Å². The highest BCUT2D eigenvalue weighted by molar-refractivity contribution is 4.71. The fourth-order valence-corrected chi connectivity index (χ4v) is 2.05. The molecule has 4 heteroatoms. The maximum absolute atomic E-state index is 5.65. The summed E-state index contributed by atoms with van der Waals surface area (Å²) in [6, 6.07) is 0. The van der Waals surface area contributed by atoms with Crippen LogP contribution in [0, 0.1) is 0 Å². The Morgan fingerprint density at radius 3 is 2.00 bits per heavy atom. The maximum atomic E-state index is 5.65. The third-order valence-electron chi connectivity index (χ3n) is 2.59. The SMILES string of the molecule is CCOC(CC1CCCO1)(OCC)OCC. The Bertz CT molecular complexity index is 161. The average molecular weight is 232 g/mol. The van der Waals surface area contributed by atoms with Gasteiger partial charge in [-0.25, -0.2) is 0 Å². The van der Waals surface area contributed by atoms with E-state index in [1.165, 1.54) is 0 Å². The molecule has 0 N–H and O–H groups in total. The van der Waals surface area contributed by atoms with Gasteiger partial charge in [-0.05, 0) is 33.6 Å². The van der Waals surface area contributed by atoms with Crippen LogP contribution in [0.25, 0.3) is 0 Å². The minimum Gasteiger partial charge on any atom is -0.378 e. The first kappa shape index (κ1) is 13.9. The lowest BCUT2D eigenvalue weighted by Crippen LogP contribution is -2.42. The molecule has 1 unspecified atom stereocenters. The van der Waals surface area contributed by atoms with Crippen LogP contribution in [0.4, 0.5) is 0 Å². The fourth-order valence-electron chi connectivity index (χ4n) is 2.05. The van der Waals surface area contributed by atoms with Crippen LogP contribution in [-0.4, -0.2) is 38.5 Å². The van der Waals surface area contributed by atoms with E-state index >= 15 is 0 Å². The highest BCUT2D eigenvalue weighted by Gasteiger charge is 2.37. The lowest BCUT2D eigenvalue weighted by Gasteiger charge is -2.33. The molecule has 0 amide bonds. The van der Waals surface area contributed by atoms with Crippen LogP contribution in [0.5, 0.6) is 0 Å². The summed E-state index contributed by atoms with van der Waals surface area (Å²) in [6.07, 6.45) is 3.03. The second kappa shape index (κ2) is 7.22. The summed E-state index contributed by atoms with van der Waals surface area (Å²) >= 11 is 0. The normalized spacial score (nSPS) is 21.6. The third kappa shape index (κ3) is 4.01. The van der Waals surface area contributed by atoms with E-state index in [1.54, 1.807) is 0 Å². The number of rotatable bonds is 8. The van der Waals surface area contributed by atoms with Crippen molar-refractivity contribution < 1.29 is 18.9 Å². The first-order chi connectivity index (χ1) is 7.76. The molecule has 1 atom stereocenters. The Morgan fingerprint density at radius 1 is 1.06 bits per heavy atom. The van der Waals surface area contributed by atoms with Gasteiger partial charge in [-0.2, -0.15) is 0 Å². The zero-order valence-corrected chi connectivity index (χ0v) is 10.7. The van der Waals surface area contributed by atoms with Gasteiger partial charge in [0.05, 0.1) is 12.5 Å². The van der Waals surface area contributed by atoms with E-state index in [0.29, 0.717) is 26.2 Å². The van der Waals surface area contributed by atoms with Gasteiger partial charge in [0.15, 0.2) is 0 Å². The smallest absolute Gasteiger partial charge is 0.285 e. The molecule has 0 radical (unpaired) electrons. The van der Waals surface area contributed by atoms with Crippen molar-refractivity contribution in [3.8, 4) is 0 Å². The molecule has 96 valence electrons. The summed E-state index contributed by atoms with van der Waals surface area (Å²) < 4.78 is 22.6. The molecule has 1 aliphatic rings. The number of hydrogen-bond donors (Lipinski definition) is 0. The van der Waals surface area contributed by atoms with Gasteiger partial charge in [0.1, 0.15) is 0 Å². The molecule has 0 bridgehead atoms. The van der Waals surface area contributed by atoms with E-state index in [9.17, 15) is 0 Å². The van der Waals surface area contributed by atoms with Crippen molar-refractivity contribution in [2.24, 2.45) is 0 Å². The van der Waals surface area contributed by atoms with Crippen LogP contribution in [-0.2, 0) is 18.9 Å². The van der Waals surface area contributed by atoms with Crippen LogP contribution in [0.3, 0.4) is 0 Å². The van der Waals surface area contributed by atoms with Crippen molar-refractivity contribution >= 4 is 0 Å². The molecule has 0 aromatic heterocycles. The molecule has 0 spiro atoms. The minimum absolute atomic E-state index is 0.199. The van der Waals surface area contributed by atoms with Crippen molar-refractivity contribution in [3.63, 3.8) is 0 Å². The molecule has 0 aromatic rings. The molecule has 0 saturated carbocycles. The molecular formula is C12H24O4. The second-order valence-electron chi connectivity index (χ2n) is 3.82. The lowest BCUT2D eigenvalue weighted by molar-refractivity contribution is -0.385. The van der Waals surface area contributed by atoms with Crippen molar-refractivity contribution in [1.82, 2.24) is 0 Å². The lowest BCUT2D eigenvalue weighted by atomic mass is 10.1. The van der Waals surface area contributed by atoms with Gasteiger partial charge in [-0.3, -0.25) is 0 Å². The van der Waals surface area contributed by atoms with Crippen molar-refractivity contribution in [2.75, 3.05) is 26.4 Å². The van der Waals surface area contributed by atoms with Crippen molar-refractivity contribution in [2.45, 2.75) is 52.1 Å². The van der Waals surface area contributed by atoms with Crippen LogP contribution >= 0.6 is 0 Å². The van der Waals surface area contributed by atoms with E-state index in [4.69, 9.17) is 18.9 Å². The summed E-state index contributed by atoms with van der Waals surface area (Å²) in [5, 5.41) is 0. The maximum Gasteiger partial charge on any atom is 0.285 e. The molecule has 1 aliphatic heterocycles.